The van der Waals surface area contributed by atoms with Crippen LogP contribution in [0.3, 0.4) is 0 Å². The average Bonchev–Trinajstić information content (AvgIpc) is 2.97. The van der Waals surface area contributed by atoms with Crippen LogP contribution in [0.1, 0.15) is 65.0 Å². The summed E-state index contributed by atoms with van der Waals surface area (Å²) >= 11 is 0. The van der Waals surface area contributed by atoms with Gasteiger partial charge in [0.2, 0.25) is 0 Å². The monoisotopic (exact) mass is 280 g/mol. The summed E-state index contributed by atoms with van der Waals surface area (Å²) in [5.41, 5.74) is 0.809. The fourth-order valence-electron chi connectivity index (χ4n) is 2.37. The minimum atomic E-state index is -0.275. The second kappa shape index (κ2) is 8.77. The average molecular weight is 280 g/mol. The molecular weight excluding hydrogens is 252 g/mol. The summed E-state index contributed by atoms with van der Waals surface area (Å²) in [6, 6.07) is 0. The lowest BCUT2D eigenvalue weighted by atomic mass is 9.91. The Balaban J connectivity index is 2.43. The summed E-state index contributed by atoms with van der Waals surface area (Å²) in [5, 5.41) is 0. The van der Waals surface area contributed by atoms with Gasteiger partial charge in [-0.2, -0.15) is 0 Å². The highest BCUT2D eigenvalue weighted by Crippen LogP contribution is 2.21. The lowest BCUT2D eigenvalue weighted by Gasteiger charge is -2.20. The minimum Gasteiger partial charge on any atom is -0.465 e. The molecule has 0 saturated carbocycles. The van der Waals surface area contributed by atoms with E-state index < -0.39 is 0 Å². The molecule has 3 atom stereocenters. The van der Waals surface area contributed by atoms with Gasteiger partial charge in [-0.1, -0.05) is 33.6 Å². The van der Waals surface area contributed by atoms with Crippen LogP contribution in [0.5, 0.6) is 0 Å². The van der Waals surface area contributed by atoms with Gasteiger partial charge in [-0.15, -0.1) is 0 Å². The maximum Gasteiger partial charge on any atom is 0.314 e. The number of esters is 1. The highest BCUT2D eigenvalue weighted by Gasteiger charge is 2.20. The fourth-order valence-corrected chi connectivity index (χ4v) is 2.37. The number of carbonyl (C=O) groups is 1. The summed E-state index contributed by atoms with van der Waals surface area (Å²) in [6.07, 6.45) is 7.83. The molecule has 1 heterocycles. The molecule has 0 spiro atoms. The van der Waals surface area contributed by atoms with Gasteiger partial charge in [0.25, 0.3) is 0 Å². The van der Waals surface area contributed by atoms with Gasteiger partial charge in [-0.05, 0) is 31.6 Å². The second-order valence-electron chi connectivity index (χ2n) is 5.76. The topological polar surface area (TPSA) is 55.0 Å². The molecule has 4 nitrogen and oxygen atoms in total. The third-order valence-electron chi connectivity index (χ3n) is 3.93. The number of imidazole rings is 1. The zero-order valence-electron chi connectivity index (χ0n) is 13.2. The number of aromatic amines is 1. The minimum absolute atomic E-state index is 0.167. The maximum atomic E-state index is 12.0. The molecular formula is C16H28N2O2. The van der Waals surface area contributed by atoms with Crippen molar-refractivity contribution in [2.45, 2.75) is 59.3 Å². The van der Waals surface area contributed by atoms with Crippen LogP contribution in [0.15, 0.2) is 12.5 Å². The van der Waals surface area contributed by atoms with Gasteiger partial charge in [0.15, 0.2) is 0 Å². The van der Waals surface area contributed by atoms with Gasteiger partial charge >= 0.3 is 5.97 Å². The first-order valence-electron chi connectivity index (χ1n) is 7.73. The van der Waals surface area contributed by atoms with Crippen molar-refractivity contribution in [3.8, 4) is 0 Å². The van der Waals surface area contributed by atoms with E-state index >= 15 is 0 Å². The highest BCUT2D eigenvalue weighted by atomic mass is 16.5. The van der Waals surface area contributed by atoms with Crippen LogP contribution >= 0.6 is 0 Å². The van der Waals surface area contributed by atoms with E-state index in [-0.39, 0.29) is 11.9 Å². The third kappa shape index (κ3) is 5.35. The molecule has 1 aromatic rings. The smallest absolute Gasteiger partial charge is 0.314 e. The number of hydrogen-bond acceptors (Lipinski definition) is 3. The number of carbonyl (C=O) groups excluding carboxylic acids is 1. The molecule has 1 N–H and O–H groups in total. The number of nitrogens with one attached hydrogen (secondary N) is 1. The second-order valence-corrected chi connectivity index (χ2v) is 5.76. The first kappa shape index (κ1) is 16.7. The van der Waals surface area contributed by atoms with Crippen LogP contribution < -0.4 is 0 Å². The number of ether oxygens (including phenoxy) is 1. The van der Waals surface area contributed by atoms with E-state index in [1.165, 1.54) is 6.42 Å². The van der Waals surface area contributed by atoms with Crippen molar-refractivity contribution in [1.82, 2.24) is 9.97 Å². The molecule has 4 heteroatoms. The summed E-state index contributed by atoms with van der Waals surface area (Å²) in [7, 11) is 0. The standard InChI is InChI=1S/C16H28N2O2/c1-5-7-14(8-12(3)6-2)10-20-16(19)13(4)15-9-17-11-18-15/h9,11-14H,5-8,10H2,1-4H3,(H,17,18). The predicted molar refractivity (Wildman–Crippen MR) is 80.4 cm³/mol. The molecule has 3 unspecified atom stereocenters. The van der Waals surface area contributed by atoms with Crippen LogP contribution in [0.4, 0.5) is 0 Å². The van der Waals surface area contributed by atoms with Gasteiger partial charge in [0, 0.05) is 11.9 Å². The van der Waals surface area contributed by atoms with E-state index in [4.69, 9.17) is 4.74 Å². The van der Waals surface area contributed by atoms with Crippen LogP contribution in [0, 0.1) is 11.8 Å². The Hall–Kier alpha value is -1.32. The lowest BCUT2D eigenvalue weighted by molar-refractivity contribution is -0.146. The molecule has 0 aromatic carbocycles. The molecule has 0 saturated heterocycles. The Labute approximate surface area is 122 Å². The van der Waals surface area contributed by atoms with Crippen molar-refractivity contribution >= 4 is 5.97 Å². The van der Waals surface area contributed by atoms with Crippen molar-refractivity contribution in [3.63, 3.8) is 0 Å². The highest BCUT2D eigenvalue weighted by molar-refractivity contribution is 5.76. The predicted octanol–water partition coefficient (Wildman–Crippen LogP) is 3.91. The van der Waals surface area contributed by atoms with Gasteiger partial charge in [-0.25, -0.2) is 4.98 Å². The van der Waals surface area contributed by atoms with Crippen molar-refractivity contribution in [1.29, 1.82) is 0 Å². The summed E-state index contributed by atoms with van der Waals surface area (Å²) in [4.78, 5) is 18.9. The number of H-pyrrole nitrogens is 1. The zero-order chi connectivity index (χ0) is 15.0. The summed E-state index contributed by atoms with van der Waals surface area (Å²) in [5.74, 6) is 0.728. The number of aromatic nitrogens is 2. The molecule has 0 aliphatic rings. The molecule has 0 amide bonds. The van der Waals surface area contributed by atoms with E-state index in [1.807, 2.05) is 6.92 Å². The number of rotatable bonds is 9. The van der Waals surface area contributed by atoms with E-state index in [2.05, 4.69) is 30.7 Å². The van der Waals surface area contributed by atoms with E-state index in [0.29, 0.717) is 18.4 Å². The first-order chi connectivity index (χ1) is 9.58. The van der Waals surface area contributed by atoms with Crippen LogP contribution in [0.2, 0.25) is 0 Å². The molecule has 0 aliphatic heterocycles. The Kier molecular flexibility index (Phi) is 7.34. The van der Waals surface area contributed by atoms with E-state index in [1.54, 1.807) is 12.5 Å². The molecule has 0 fully saturated rings. The SMILES string of the molecule is CCCC(COC(=O)C(C)c1cnc[nH]1)CC(C)CC. The normalized spacial score (nSPS) is 15.6. The van der Waals surface area contributed by atoms with E-state index in [0.717, 1.165) is 25.0 Å². The number of nitrogens with zero attached hydrogens (tertiary/aromatic N) is 1. The molecule has 20 heavy (non-hydrogen) atoms. The van der Waals surface area contributed by atoms with Crippen molar-refractivity contribution in [2.75, 3.05) is 6.61 Å². The van der Waals surface area contributed by atoms with Gasteiger partial charge in [-0.3, -0.25) is 4.79 Å². The van der Waals surface area contributed by atoms with Crippen LogP contribution in [-0.2, 0) is 9.53 Å². The lowest BCUT2D eigenvalue weighted by Crippen LogP contribution is -2.20. The quantitative estimate of drug-likeness (QED) is 0.698. The third-order valence-corrected chi connectivity index (χ3v) is 3.93. The zero-order valence-corrected chi connectivity index (χ0v) is 13.2. The summed E-state index contributed by atoms with van der Waals surface area (Å²) in [6.45, 7) is 9.03. The molecule has 0 radical (unpaired) electrons. The molecule has 1 aromatic heterocycles. The first-order valence-corrected chi connectivity index (χ1v) is 7.73. The van der Waals surface area contributed by atoms with Crippen molar-refractivity contribution in [3.05, 3.63) is 18.2 Å². The Morgan fingerprint density at radius 1 is 1.40 bits per heavy atom. The molecule has 1 rings (SSSR count). The molecule has 114 valence electrons. The van der Waals surface area contributed by atoms with Gasteiger partial charge in [0.05, 0.1) is 18.9 Å². The van der Waals surface area contributed by atoms with Crippen molar-refractivity contribution < 1.29 is 9.53 Å². The van der Waals surface area contributed by atoms with Gasteiger partial charge < -0.3 is 9.72 Å². The number of hydrogen-bond donors (Lipinski definition) is 1. The fraction of sp³-hybridized carbons (Fsp3) is 0.750. The Bertz CT molecular complexity index is 376. The van der Waals surface area contributed by atoms with E-state index in [9.17, 15) is 4.79 Å². The summed E-state index contributed by atoms with van der Waals surface area (Å²) < 4.78 is 5.50. The molecule has 0 aliphatic carbocycles. The maximum absolute atomic E-state index is 12.0. The van der Waals surface area contributed by atoms with Crippen LogP contribution in [0.25, 0.3) is 0 Å². The van der Waals surface area contributed by atoms with Crippen molar-refractivity contribution in [2.24, 2.45) is 11.8 Å². The molecule has 0 bridgehead atoms. The van der Waals surface area contributed by atoms with Crippen LogP contribution in [-0.4, -0.2) is 22.5 Å². The van der Waals surface area contributed by atoms with Gasteiger partial charge in [0.1, 0.15) is 0 Å². The largest absolute Gasteiger partial charge is 0.465 e. The Morgan fingerprint density at radius 2 is 2.15 bits per heavy atom. The Morgan fingerprint density at radius 3 is 2.70 bits per heavy atom.